The minimum atomic E-state index is 0.634. The number of aryl methyl sites for hydroxylation is 1. The molecule has 1 unspecified atom stereocenters. The van der Waals surface area contributed by atoms with Crippen LogP contribution in [0.25, 0.3) is 0 Å². The molecular formula is C13H21N. The number of benzene rings is 1. The lowest BCUT2D eigenvalue weighted by atomic mass is 10.1. The van der Waals surface area contributed by atoms with Crippen LogP contribution >= 0.6 is 0 Å². The predicted octanol–water partition coefficient (Wildman–Crippen LogP) is 3.01. The first-order valence-electron chi connectivity index (χ1n) is 5.60. The van der Waals surface area contributed by atoms with Crippen LogP contribution in [-0.4, -0.2) is 12.6 Å². The van der Waals surface area contributed by atoms with Crippen molar-refractivity contribution in [2.45, 2.75) is 39.2 Å². The summed E-state index contributed by atoms with van der Waals surface area (Å²) in [6.07, 6.45) is 3.62. The number of hydrogen-bond acceptors (Lipinski definition) is 1. The van der Waals surface area contributed by atoms with Gasteiger partial charge in [0.05, 0.1) is 0 Å². The molecule has 78 valence electrons. The van der Waals surface area contributed by atoms with Crippen molar-refractivity contribution in [1.29, 1.82) is 0 Å². The van der Waals surface area contributed by atoms with Gasteiger partial charge in [-0.05, 0) is 38.3 Å². The van der Waals surface area contributed by atoms with Crippen molar-refractivity contribution in [2.24, 2.45) is 0 Å². The fourth-order valence-electron chi connectivity index (χ4n) is 1.52. The minimum absolute atomic E-state index is 0.634. The van der Waals surface area contributed by atoms with Crippen LogP contribution in [-0.2, 0) is 6.42 Å². The molecule has 1 heteroatoms. The second-order valence-electron chi connectivity index (χ2n) is 3.88. The van der Waals surface area contributed by atoms with Gasteiger partial charge in [-0.1, -0.05) is 37.3 Å². The van der Waals surface area contributed by atoms with Gasteiger partial charge in [0, 0.05) is 6.04 Å². The highest BCUT2D eigenvalue weighted by Crippen LogP contribution is 2.04. The minimum Gasteiger partial charge on any atom is -0.314 e. The van der Waals surface area contributed by atoms with E-state index in [0.717, 1.165) is 6.54 Å². The molecule has 0 radical (unpaired) electrons. The Kier molecular flexibility index (Phi) is 5.31. The molecule has 1 rings (SSSR count). The molecule has 0 aliphatic heterocycles. The average molecular weight is 191 g/mol. The summed E-state index contributed by atoms with van der Waals surface area (Å²) in [7, 11) is 0. The first kappa shape index (κ1) is 11.3. The van der Waals surface area contributed by atoms with Gasteiger partial charge in [-0.25, -0.2) is 0 Å². The van der Waals surface area contributed by atoms with Crippen molar-refractivity contribution in [3.05, 3.63) is 35.9 Å². The topological polar surface area (TPSA) is 12.0 Å². The van der Waals surface area contributed by atoms with Gasteiger partial charge in [-0.15, -0.1) is 0 Å². The molecule has 0 bridgehead atoms. The summed E-state index contributed by atoms with van der Waals surface area (Å²) >= 11 is 0. The van der Waals surface area contributed by atoms with E-state index in [2.05, 4.69) is 49.5 Å². The van der Waals surface area contributed by atoms with Crippen molar-refractivity contribution in [3.8, 4) is 0 Å². The number of rotatable bonds is 6. The molecule has 0 aromatic heterocycles. The zero-order chi connectivity index (χ0) is 10.2. The summed E-state index contributed by atoms with van der Waals surface area (Å²) < 4.78 is 0. The third kappa shape index (κ3) is 4.43. The van der Waals surface area contributed by atoms with Gasteiger partial charge in [0.2, 0.25) is 0 Å². The molecule has 0 heterocycles. The molecule has 1 aromatic rings. The lowest BCUT2D eigenvalue weighted by Crippen LogP contribution is -2.27. The summed E-state index contributed by atoms with van der Waals surface area (Å²) in [4.78, 5) is 0. The zero-order valence-corrected chi connectivity index (χ0v) is 9.29. The molecule has 1 aromatic carbocycles. The van der Waals surface area contributed by atoms with Crippen molar-refractivity contribution in [2.75, 3.05) is 6.54 Å². The fraction of sp³-hybridized carbons (Fsp3) is 0.538. The maximum Gasteiger partial charge on any atom is 0.00418 e. The first-order chi connectivity index (χ1) is 6.83. The third-order valence-electron chi connectivity index (χ3n) is 2.45. The highest BCUT2D eigenvalue weighted by atomic mass is 14.9. The summed E-state index contributed by atoms with van der Waals surface area (Å²) in [5, 5.41) is 3.50. The predicted molar refractivity (Wildman–Crippen MR) is 62.5 cm³/mol. The second-order valence-corrected chi connectivity index (χ2v) is 3.88. The van der Waals surface area contributed by atoms with Gasteiger partial charge in [0.1, 0.15) is 0 Å². The van der Waals surface area contributed by atoms with Gasteiger partial charge in [-0.2, -0.15) is 0 Å². The maximum atomic E-state index is 3.50. The van der Waals surface area contributed by atoms with E-state index in [1.165, 1.54) is 24.8 Å². The molecule has 0 spiro atoms. The molecule has 0 aliphatic carbocycles. The highest BCUT2D eigenvalue weighted by Gasteiger charge is 2.00. The second kappa shape index (κ2) is 6.61. The average Bonchev–Trinajstić information content (AvgIpc) is 2.25. The highest BCUT2D eigenvalue weighted by molar-refractivity contribution is 5.14. The standard InChI is InChI=1S/C13H21N/c1-3-11-14-12(2)9-10-13-7-5-4-6-8-13/h4-8,12,14H,3,9-11H2,1-2H3. The van der Waals surface area contributed by atoms with Crippen LogP contribution in [0.2, 0.25) is 0 Å². The van der Waals surface area contributed by atoms with Crippen molar-refractivity contribution in [1.82, 2.24) is 5.32 Å². The Hall–Kier alpha value is -0.820. The Morgan fingerprint density at radius 2 is 1.93 bits per heavy atom. The summed E-state index contributed by atoms with van der Waals surface area (Å²) in [6, 6.07) is 11.3. The molecule has 0 amide bonds. The fourth-order valence-corrected chi connectivity index (χ4v) is 1.52. The summed E-state index contributed by atoms with van der Waals surface area (Å²) in [6.45, 7) is 5.60. The van der Waals surface area contributed by atoms with Crippen LogP contribution in [0.15, 0.2) is 30.3 Å². The van der Waals surface area contributed by atoms with Crippen LogP contribution in [0, 0.1) is 0 Å². The molecule has 0 saturated carbocycles. The van der Waals surface area contributed by atoms with E-state index < -0.39 is 0 Å². The molecule has 1 nitrogen and oxygen atoms in total. The summed E-state index contributed by atoms with van der Waals surface area (Å²) in [5.41, 5.74) is 1.44. The van der Waals surface area contributed by atoms with Crippen molar-refractivity contribution in [3.63, 3.8) is 0 Å². The molecular weight excluding hydrogens is 170 g/mol. The van der Waals surface area contributed by atoms with E-state index >= 15 is 0 Å². The molecule has 1 N–H and O–H groups in total. The zero-order valence-electron chi connectivity index (χ0n) is 9.29. The van der Waals surface area contributed by atoms with E-state index in [-0.39, 0.29) is 0 Å². The monoisotopic (exact) mass is 191 g/mol. The van der Waals surface area contributed by atoms with E-state index in [4.69, 9.17) is 0 Å². The quantitative estimate of drug-likeness (QED) is 0.729. The third-order valence-corrected chi connectivity index (χ3v) is 2.45. The number of hydrogen-bond donors (Lipinski definition) is 1. The Labute approximate surface area is 87.5 Å². The van der Waals surface area contributed by atoms with Crippen LogP contribution in [0.1, 0.15) is 32.3 Å². The molecule has 0 aliphatic rings. The van der Waals surface area contributed by atoms with Gasteiger partial charge < -0.3 is 5.32 Å². The lowest BCUT2D eigenvalue weighted by molar-refractivity contribution is 0.514. The largest absolute Gasteiger partial charge is 0.314 e. The molecule has 0 saturated heterocycles. The lowest BCUT2D eigenvalue weighted by Gasteiger charge is -2.12. The van der Waals surface area contributed by atoms with Gasteiger partial charge in [-0.3, -0.25) is 0 Å². The Bertz CT molecular complexity index is 230. The Balaban J connectivity index is 2.20. The Morgan fingerprint density at radius 1 is 1.21 bits per heavy atom. The van der Waals surface area contributed by atoms with Gasteiger partial charge in [0.15, 0.2) is 0 Å². The van der Waals surface area contributed by atoms with Crippen LogP contribution in [0.5, 0.6) is 0 Å². The van der Waals surface area contributed by atoms with Gasteiger partial charge >= 0.3 is 0 Å². The number of nitrogens with one attached hydrogen (secondary N) is 1. The van der Waals surface area contributed by atoms with Crippen molar-refractivity contribution < 1.29 is 0 Å². The van der Waals surface area contributed by atoms with Crippen LogP contribution in [0.3, 0.4) is 0 Å². The molecule has 0 fully saturated rings. The smallest absolute Gasteiger partial charge is 0.00418 e. The molecule has 1 atom stereocenters. The maximum absolute atomic E-state index is 3.50. The van der Waals surface area contributed by atoms with E-state index in [9.17, 15) is 0 Å². The van der Waals surface area contributed by atoms with Crippen LogP contribution in [0.4, 0.5) is 0 Å². The van der Waals surface area contributed by atoms with Gasteiger partial charge in [0.25, 0.3) is 0 Å². The SMILES string of the molecule is CCCNC(C)CCc1ccccc1. The first-order valence-corrected chi connectivity index (χ1v) is 5.60. The Morgan fingerprint density at radius 3 is 2.57 bits per heavy atom. The molecule has 14 heavy (non-hydrogen) atoms. The van der Waals surface area contributed by atoms with E-state index in [0.29, 0.717) is 6.04 Å². The van der Waals surface area contributed by atoms with Crippen molar-refractivity contribution >= 4 is 0 Å². The summed E-state index contributed by atoms with van der Waals surface area (Å²) in [5.74, 6) is 0. The van der Waals surface area contributed by atoms with Crippen LogP contribution < -0.4 is 5.32 Å². The normalized spacial score (nSPS) is 12.7. The van der Waals surface area contributed by atoms with E-state index in [1.807, 2.05) is 0 Å². The van der Waals surface area contributed by atoms with E-state index in [1.54, 1.807) is 0 Å².